The Balaban J connectivity index is 1.83. The van der Waals surface area contributed by atoms with Gasteiger partial charge in [0.05, 0.1) is 32.4 Å². The summed E-state index contributed by atoms with van der Waals surface area (Å²) >= 11 is 0. The molecule has 1 amide bonds. The molecule has 0 saturated carbocycles. The van der Waals surface area contributed by atoms with E-state index in [2.05, 4.69) is 18.8 Å². The number of pyridine rings is 1. The summed E-state index contributed by atoms with van der Waals surface area (Å²) < 4.78 is 16.7. The topological polar surface area (TPSA) is 98.2 Å². The van der Waals surface area contributed by atoms with Crippen molar-refractivity contribution in [1.29, 1.82) is 0 Å². The Bertz CT molecular complexity index is 1370. The number of carbonyl (C=O) groups excluding carboxylic acids is 2. The Hall–Kier alpha value is -4.33. The second-order valence-corrected chi connectivity index (χ2v) is 9.59. The van der Waals surface area contributed by atoms with Crippen molar-refractivity contribution < 1.29 is 28.9 Å². The zero-order valence-electron chi connectivity index (χ0n) is 22.2. The number of hydrogen-bond acceptors (Lipinski definition) is 7. The van der Waals surface area contributed by atoms with E-state index in [1.807, 2.05) is 13.0 Å². The number of aliphatic hydroxyl groups is 1. The smallest absolute Gasteiger partial charge is 0.295 e. The van der Waals surface area contributed by atoms with Gasteiger partial charge in [0.15, 0.2) is 11.5 Å². The van der Waals surface area contributed by atoms with Gasteiger partial charge >= 0.3 is 0 Å². The molecule has 3 aromatic rings. The molecule has 38 heavy (non-hydrogen) atoms. The number of hydrogen-bond donors (Lipinski definition) is 1. The summed E-state index contributed by atoms with van der Waals surface area (Å²) in [5, 5.41) is 11.5. The van der Waals surface area contributed by atoms with Crippen LogP contribution in [0.25, 0.3) is 5.76 Å². The predicted molar refractivity (Wildman–Crippen MR) is 143 cm³/mol. The van der Waals surface area contributed by atoms with Crippen LogP contribution in [0.15, 0.2) is 66.5 Å². The molecule has 1 aliphatic rings. The molecule has 1 aromatic heterocycles. The standard InChI is InChI=1S/C30H32N2O6/c1-18(2)17-38-23-10-9-22(13-19(23)3)28(33)26-27(21-8-11-24(36-4)25(14-21)37-5)32(30(35)29(26)34)16-20-7-6-12-31-15-20/h6-15,18,27,33H,16-17H2,1-5H3/b28-26+/t27-/m0/s1. The molecule has 0 spiro atoms. The monoisotopic (exact) mass is 516 g/mol. The van der Waals surface area contributed by atoms with Crippen LogP contribution in [0.2, 0.25) is 0 Å². The molecular weight excluding hydrogens is 484 g/mol. The second-order valence-electron chi connectivity index (χ2n) is 9.59. The van der Waals surface area contributed by atoms with Gasteiger partial charge in [0, 0.05) is 24.5 Å². The minimum atomic E-state index is -0.854. The Kier molecular flexibility index (Phi) is 8.00. The summed E-state index contributed by atoms with van der Waals surface area (Å²) in [5.74, 6) is 0.291. The van der Waals surface area contributed by atoms with E-state index in [1.54, 1.807) is 54.9 Å². The molecular formula is C30H32N2O6. The van der Waals surface area contributed by atoms with Crippen LogP contribution >= 0.6 is 0 Å². The fourth-order valence-corrected chi connectivity index (χ4v) is 4.47. The molecule has 198 valence electrons. The van der Waals surface area contributed by atoms with Crippen molar-refractivity contribution in [2.45, 2.75) is 33.4 Å². The summed E-state index contributed by atoms with van der Waals surface area (Å²) in [4.78, 5) is 32.3. The van der Waals surface area contributed by atoms with Crippen LogP contribution in [0, 0.1) is 12.8 Å². The third kappa shape index (κ3) is 5.34. The number of aryl methyl sites for hydroxylation is 1. The first-order valence-corrected chi connectivity index (χ1v) is 12.4. The van der Waals surface area contributed by atoms with E-state index >= 15 is 0 Å². The van der Waals surface area contributed by atoms with E-state index in [1.165, 1.54) is 19.1 Å². The van der Waals surface area contributed by atoms with Gasteiger partial charge in [0.25, 0.3) is 11.7 Å². The molecule has 1 aliphatic heterocycles. The third-order valence-corrected chi connectivity index (χ3v) is 6.36. The van der Waals surface area contributed by atoms with E-state index < -0.39 is 17.7 Å². The molecule has 1 fully saturated rings. The first kappa shape index (κ1) is 26.7. The largest absolute Gasteiger partial charge is 0.507 e. The van der Waals surface area contributed by atoms with Crippen molar-refractivity contribution in [3.05, 3.63) is 88.8 Å². The summed E-state index contributed by atoms with van der Waals surface area (Å²) in [6, 6.07) is 13.1. The molecule has 1 atom stereocenters. The van der Waals surface area contributed by atoms with Gasteiger partial charge in [0.1, 0.15) is 11.5 Å². The van der Waals surface area contributed by atoms with Gasteiger partial charge in [-0.1, -0.05) is 26.0 Å². The van der Waals surface area contributed by atoms with Crippen molar-refractivity contribution in [1.82, 2.24) is 9.88 Å². The molecule has 2 aromatic carbocycles. The van der Waals surface area contributed by atoms with Crippen LogP contribution in [-0.2, 0) is 16.1 Å². The summed E-state index contributed by atoms with van der Waals surface area (Å²) in [7, 11) is 3.04. The normalized spacial score (nSPS) is 16.7. The van der Waals surface area contributed by atoms with Crippen LogP contribution < -0.4 is 14.2 Å². The van der Waals surface area contributed by atoms with Crippen LogP contribution in [0.3, 0.4) is 0 Å². The SMILES string of the molecule is COc1ccc([C@H]2/C(=C(\O)c3ccc(OCC(C)C)c(C)c3)C(=O)C(=O)N2Cc2cccnc2)cc1OC. The number of ether oxygens (including phenoxy) is 3. The van der Waals surface area contributed by atoms with Crippen LogP contribution in [0.1, 0.15) is 42.1 Å². The number of amides is 1. The highest BCUT2D eigenvalue weighted by molar-refractivity contribution is 6.46. The molecule has 1 N–H and O–H groups in total. The number of Topliss-reactive ketones (excluding diaryl/α,β-unsaturated/α-hetero) is 1. The van der Waals surface area contributed by atoms with Gasteiger partial charge < -0.3 is 24.2 Å². The summed E-state index contributed by atoms with van der Waals surface area (Å²) in [5.41, 5.74) is 2.58. The van der Waals surface area contributed by atoms with Gasteiger partial charge in [-0.3, -0.25) is 14.6 Å². The number of aliphatic hydroxyl groups excluding tert-OH is 1. The Morgan fingerprint density at radius 3 is 2.39 bits per heavy atom. The van der Waals surface area contributed by atoms with Gasteiger partial charge in [-0.2, -0.15) is 0 Å². The van der Waals surface area contributed by atoms with Gasteiger partial charge in [-0.15, -0.1) is 0 Å². The molecule has 0 radical (unpaired) electrons. The highest BCUT2D eigenvalue weighted by atomic mass is 16.5. The molecule has 4 rings (SSSR count). The average molecular weight is 517 g/mol. The maximum atomic E-state index is 13.4. The first-order chi connectivity index (χ1) is 18.2. The van der Waals surface area contributed by atoms with Crippen molar-refractivity contribution in [3.63, 3.8) is 0 Å². The van der Waals surface area contributed by atoms with Crippen molar-refractivity contribution in [2.75, 3.05) is 20.8 Å². The molecule has 0 bridgehead atoms. The minimum absolute atomic E-state index is 0.00126. The fourth-order valence-electron chi connectivity index (χ4n) is 4.47. The van der Waals surface area contributed by atoms with Crippen molar-refractivity contribution in [2.24, 2.45) is 5.92 Å². The number of methoxy groups -OCH3 is 2. The molecule has 8 nitrogen and oxygen atoms in total. The van der Waals surface area contributed by atoms with Gasteiger partial charge in [-0.05, 0) is 65.9 Å². The Morgan fingerprint density at radius 1 is 1.03 bits per heavy atom. The van der Waals surface area contributed by atoms with Crippen LogP contribution in [-0.4, -0.2) is 47.5 Å². The molecule has 1 saturated heterocycles. The zero-order chi connectivity index (χ0) is 27.4. The Morgan fingerprint density at radius 2 is 1.76 bits per heavy atom. The second kappa shape index (κ2) is 11.4. The number of carbonyl (C=O) groups is 2. The maximum Gasteiger partial charge on any atom is 0.295 e. The average Bonchev–Trinajstić information content (AvgIpc) is 3.16. The first-order valence-electron chi connectivity index (χ1n) is 12.4. The number of rotatable bonds is 9. The fraction of sp³-hybridized carbons (Fsp3) is 0.300. The highest BCUT2D eigenvalue weighted by Gasteiger charge is 2.46. The van der Waals surface area contributed by atoms with Gasteiger partial charge in [-0.25, -0.2) is 0 Å². The van der Waals surface area contributed by atoms with E-state index in [-0.39, 0.29) is 17.9 Å². The van der Waals surface area contributed by atoms with E-state index in [0.717, 1.165) is 11.1 Å². The lowest BCUT2D eigenvalue weighted by Gasteiger charge is -2.26. The predicted octanol–water partition coefficient (Wildman–Crippen LogP) is 5.06. The van der Waals surface area contributed by atoms with E-state index in [9.17, 15) is 14.7 Å². The number of nitrogens with zero attached hydrogens (tertiary/aromatic N) is 2. The zero-order valence-corrected chi connectivity index (χ0v) is 22.2. The third-order valence-electron chi connectivity index (χ3n) is 6.36. The lowest BCUT2D eigenvalue weighted by molar-refractivity contribution is -0.140. The highest BCUT2D eigenvalue weighted by Crippen LogP contribution is 2.43. The number of likely N-dealkylation sites (tertiary alicyclic amines) is 1. The van der Waals surface area contributed by atoms with Crippen LogP contribution in [0.4, 0.5) is 0 Å². The number of benzene rings is 2. The lowest BCUT2D eigenvalue weighted by atomic mass is 9.94. The summed E-state index contributed by atoms with van der Waals surface area (Å²) in [6.45, 7) is 6.70. The molecule has 8 heteroatoms. The minimum Gasteiger partial charge on any atom is -0.507 e. The molecule has 0 unspecified atom stereocenters. The lowest BCUT2D eigenvalue weighted by Crippen LogP contribution is -2.29. The Labute approximate surface area is 222 Å². The maximum absolute atomic E-state index is 13.4. The van der Waals surface area contributed by atoms with Crippen LogP contribution in [0.5, 0.6) is 17.2 Å². The van der Waals surface area contributed by atoms with E-state index in [4.69, 9.17) is 14.2 Å². The summed E-state index contributed by atoms with van der Waals surface area (Å²) in [6.07, 6.45) is 3.28. The quantitative estimate of drug-likeness (QED) is 0.241. The number of ketones is 1. The van der Waals surface area contributed by atoms with E-state index in [0.29, 0.717) is 40.9 Å². The van der Waals surface area contributed by atoms with Crippen molar-refractivity contribution >= 4 is 17.4 Å². The molecule has 2 heterocycles. The number of aromatic nitrogens is 1. The molecule has 0 aliphatic carbocycles. The van der Waals surface area contributed by atoms with Gasteiger partial charge in [0.2, 0.25) is 0 Å². The van der Waals surface area contributed by atoms with Crippen molar-refractivity contribution in [3.8, 4) is 17.2 Å².